The van der Waals surface area contributed by atoms with E-state index in [4.69, 9.17) is 4.74 Å². The van der Waals surface area contributed by atoms with Crippen LogP contribution in [0.25, 0.3) is 0 Å². The number of aromatic nitrogens is 2. The lowest BCUT2D eigenvalue weighted by Gasteiger charge is -2.29. The zero-order chi connectivity index (χ0) is 17.4. The summed E-state index contributed by atoms with van der Waals surface area (Å²) >= 11 is 2.73. The fourth-order valence-electron chi connectivity index (χ4n) is 2.20. The molecule has 2 rings (SSSR count). The van der Waals surface area contributed by atoms with Gasteiger partial charge in [-0.05, 0) is 48.0 Å². The fraction of sp³-hybridized carbons (Fsp3) is 0.429. The molecule has 1 aromatic heterocycles. The molecular formula is C14H13BrF4N2O2. The SMILES string of the molecule is CC(C)OC1=CC(c2c(C(F)(F)F)cn[nH]c2=O)C(F)(Br)C=C1. The molecule has 0 saturated heterocycles. The van der Waals surface area contributed by atoms with E-state index < -0.39 is 33.4 Å². The Morgan fingerprint density at radius 1 is 1.43 bits per heavy atom. The van der Waals surface area contributed by atoms with Crippen LogP contribution in [0.5, 0.6) is 0 Å². The molecule has 1 heterocycles. The highest BCUT2D eigenvalue weighted by Crippen LogP contribution is 2.45. The Bertz CT molecular complexity index is 707. The van der Waals surface area contributed by atoms with Crippen molar-refractivity contribution >= 4 is 15.9 Å². The monoisotopic (exact) mass is 396 g/mol. The summed E-state index contributed by atoms with van der Waals surface area (Å²) in [7, 11) is 0. The third-order valence-electron chi connectivity index (χ3n) is 3.10. The molecule has 0 saturated carbocycles. The maximum atomic E-state index is 14.7. The van der Waals surface area contributed by atoms with Gasteiger partial charge in [-0.25, -0.2) is 9.49 Å². The van der Waals surface area contributed by atoms with Gasteiger partial charge in [0.15, 0.2) is 4.58 Å². The van der Waals surface area contributed by atoms with Crippen LogP contribution in [0.3, 0.4) is 0 Å². The summed E-state index contributed by atoms with van der Waals surface area (Å²) in [6.07, 6.45) is -1.17. The van der Waals surface area contributed by atoms with E-state index in [1.807, 2.05) is 5.10 Å². The first-order valence-electron chi connectivity index (χ1n) is 6.62. The Morgan fingerprint density at radius 2 is 2.09 bits per heavy atom. The third kappa shape index (κ3) is 3.82. The van der Waals surface area contributed by atoms with Crippen LogP contribution < -0.4 is 5.56 Å². The molecule has 0 amide bonds. The Labute approximate surface area is 137 Å². The minimum absolute atomic E-state index is 0.182. The maximum Gasteiger partial charge on any atom is 0.418 e. The lowest BCUT2D eigenvalue weighted by Crippen LogP contribution is -2.32. The first-order chi connectivity index (χ1) is 10.5. The molecule has 2 unspecified atom stereocenters. The first-order valence-corrected chi connectivity index (χ1v) is 7.42. The van der Waals surface area contributed by atoms with Crippen LogP contribution in [0.15, 0.2) is 35.0 Å². The zero-order valence-electron chi connectivity index (χ0n) is 12.1. The summed E-state index contributed by atoms with van der Waals surface area (Å²) in [5.41, 5.74) is -3.16. The van der Waals surface area contributed by atoms with Crippen molar-refractivity contribution in [3.05, 3.63) is 51.7 Å². The molecule has 9 heteroatoms. The molecule has 1 aliphatic rings. The molecular weight excluding hydrogens is 384 g/mol. The van der Waals surface area contributed by atoms with Crippen LogP contribution in [0.2, 0.25) is 0 Å². The predicted octanol–water partition coefficient (Wildman–Crippen LogP) is 3.81. The topological polar surface area (TPSA) is 55.0 Å². The second kappa shape index (κ2) is 6.10. The lowest BCUT2D eigenvalue weighted by atomic mass is 9.88. The molecule has 0 radical (unpaired) electrons. The van der Waals surface area contributed by atoms with Crippen LogP contribution >= 0.6 is 15.9 Å². The number of rotatable bonds is 3. The summed E-state index contributed by atoms with van der Waals surface area (Å²) in [5, 5.41) is 5.07. The molecule has 4 nitrogen and oxygen atoms in total. The number of allylic oxidation sites excluding steroid dienone is 3. The second-order valence-corrected chi connectivity index (χ2v) is 6.46. The van der Waals surface area contributed by atoms with Crippen molar-refractivity contribution in [1.82, 2.24) is 10.2 Å². The van der Waals surface area contributed by atoms with E-state index in [1.165, 1.54) is 6.08 Å². The normalized spacial score (nSPS) is 24.7. The van der Waals surface area contributed by atoms with E-state index in [9.17, 15) is 22.4 Å². The van der Waals surface area contributed by atoms with E-state index in [-0.39, 0.29) is 11.9 Å². The smallest absolute Gasteiger partial charge is 0.418 e. The molecule has 2 atom stereocenters. The average molecular weight is 397 g/mol. The van der Waals surface area contributed by atoms with Gasteiger partial charge in [0.2, 0.25) is 0 Å². The number of H-pyrrole nitrogens is 1. The van der Waals surface area contributed by atoms with Crippen molar-refractivity contribution in [3.63, 3.8) is 0 Å². The van der Waals surface area contributed by atoms with Crippen molar-refractivity contribution in [2.75, 3.05) is 0 Å². The number of nitrogens with one attached hydrogen (secondary N) is 1. The predicted molar refractivity (Wildman–Crippen MR) is 78.8 cm³/mol. The third-order valence-corrected chi connectivity index (χ3v) is 3.86. The lowest BCUT2D eigenvalue weighted by molar-refractivity contribution is -0.138. The van der Waals surface area contributed by atoms with Crippen molar-refractivity contribution in [3.8, 4) is 0 Å². The van der Waals surface area contributed by atoms with Gasteiger partial charge in [-0.2, -0.15) is 18.3 Å². The van der Waals surface area contributed by atoms with Crippen molar-refractivity contribution in [2.45, 2.75) is 36.6 Å². The van der Waals surface area contributed by atoms with Crippen molar-refractivity contribution in [1.29, 1.82) is 0 Å². The number of nitrogens with zero attached hydrogens (tertiary/aromatic N) is 1. The maximum absolute atomic E-state index is 14.7. The number of halogens is 5. The van der Waals surface area contributed by atoms with Gasteiger partial charge >= 0.3 is 6.18 Å². The molecule has 0 aromatic carbocycles. The largest absolute Gasteiger partial charge is 0.491 e. The van der Waals surface area contributed by atoms with E-state index >= 15 is 0 Å². The summed E-state index contributed by atoms with van der Waals surface area (Å²) in [5.74, 6) is -1.34. The molecule has 0 bridgehead atoms. The highest BCUT2D eigenvalue weighted by Gasteiger charge is 2.44. The molecule has 0 fully saturated rings. The highest BCUT2D eigenvalue weighted by atomic mass is 79.9. The van der Waals surface area contributed by atoms with Crippen molar-refractivity contribution < 1.29 is 22.3 Å². The highest BCUT2D eigenvalue weighted by molar-refractivity contribution is 9.10. The van der Waals surface area contributed by atoms with Gasteiger partial charge in [-0.15, -0.1) is 0 Å². The quantitative estimate of drug-likeness (QED) is 0.624. The summed E-state index contributed by atoms with van der Waals surface area (Å²) in [6.45, 7) is 3.44. The van der Waals surface area contributed by atoms with Crippen LogP contribution in [0.4, 0.5) is 17.6 Å². The van der Waals surface area contributed by atoms with Gasteiger partial charge in [0, 0.05) is 5.56 Å². The Balaban J connectivity index is 2.61. The van der Waals surface area contributed by atoms with Gasteiger partial charge in [-0.3, -0.25) is 4.79 Å². The number of ether oxygens (including phenoxy) is 1. The first kappa shape index (κ1) is 17.7. The van der Waals surface area contributed by atoms with E-state index in [1.54, 1.807) is 13.8 Å². The molecule has 0 spiro atoms. The van der Waals surface area contributed by atoms with Gasteiger partial charge < -0.3 is 4.74 Å². The van der Waals surface area contributed by atoms with Gasteiger partial charge in [0.05, 0.1) is 23.8 Å². The summed E-state index contributed by atoms with van der Waals surface area (Å²) < 4.78 is 57.1. The Kier molecular flexibility index (Phi) is 4.70. The number of alkyl halides is 5. The molecule has 23 heavy (non-hydrogen) atoms. The minimum atomic E-state index is -4.84. The van der Waals surface area contributed by atoms with Crippen LogP contribution in [-0.2, 0) is 10.9 Å². The number of hydrogen-bond acceptors (Lipinski definition) is 3. The van der Waals surface area contributed by atoms with E-state index in [2.05, 4.69) is 21.0 Å². The number of aromatic amines is 1. The van der Waals surface area contributed by atoms with Gasteiger partial charge in [0.1, 0.15) is 5.76 Å². The van der Waals surface area contributed by atoms with Crippen LogP contribution in [0.1, 0.15) is 30.9 Å². The standard InChI is InChI=1S/C14H13BrF4N2O2/c1-7(2)23-8-3-4-13(15,16)9(5-8)11-10(14(17,18)19)6-20-21-12(11)22/h3-7,9H,1-2H3,(H,21,22). The molecule has 126 valence electrons. The van der Waals surface area contributed by atoms with Crippen molar-refractivity contribution in [2.24, 2.45) is 0 Å². The minimum Gasteiger partial charge on any atom is -0.491 e. The average Bonchev–Trinajstić information content (AvgIpc) is 2.39. The van der Waals surface area contributed by atoms with E-state index in [0.29, 0.717) is 6.20 Å². The Hall–Kier alpha value is -1.64. The molecule has 1 N–H and O–H groups in total. The molecule has 0 aliphatic heterocycles. The van der Waals surface area contributed by atoms with E-state index in [0.717, 1.165) is 12.2 Å². The van der Waals surface area contributed by atoms with Gasteiger partial charge in [0.25, 0.3) is 5.56 Å². The molecule has 1 aromatic rings. The zero-order valence-corrected chi connectivity index (χ0v) is 13.7. The summed E-state index contributed by atoms with van der Waals surface area (Å²) in [6, 6.07) is 0. The van der Waals surface area contributed by atoms with Gasteiger partial charge in [-0.1, -0.05) is 0 Å². The van der Waals surface area contributed by atoms with Crippen LogP contribution in [0, 0.1) is 0 Å². The number of hydrogen-bond donors (Lipinski definition) is 1. The second-order valence-electron chi connectivity index (χ2n) is 5.25. The van der Waals surface area contributed by atoms with Crippen LogP contribution in [-0.4, -0.2) is 20.9 Å². The fourth-order valence-corrected chi connectivity index (χ4v) is 2.69. The Morgan fingerprint density at radius 3 is 2.65 bits per heavy atom. The molecule has 1 aliphatic carbocycles. The summed E-state index contributed by atoms with van der Waals surface area (Å²) in [4.78, 5) is 11.9.